The third-order valence-electron chi connectivity index (χ3n) is 3.12. The van der Waals surface area contributed by atoms with E-state index in [1.807, 2.05) is 0 Å². The Labute approximate surface area is 134 Å². The van der Waals surface area contributed by atoms with E-state index in [0.717, 1.165) is 16.1 Å². The average molecular weight is 335 g/mol. The predicted octanol–water partition coefficient (Wildman–Crippen LogP) is 1.50. The van der Waals surface area contributed by atoms with Crippen molar-refractivity contribution in [3.05, 3.63) is 48.2 Å². The fraction of sp³-hybridized carbons (Fsp3) is 0.200. The lowest BCUT2D eigenvalue weighted by Gasteiger charge is -2.23. The van der Waals surface area contributed by atoms with E-state index >= 15 is 0 Å². The van der Waals surface area contributed by atoms with E-state index in [9.17, 15) is 18.3 Å². The molecule has 8 heteroatoms. The number of carbonyl (C=O) groups excluding carboxylic acids is 1. The molecule has 0 fully saturated rings. The van der Waals surface area contributed by atoms with E-state index in [4.69, 9.17) is 0 Å². The second-order valence-corrected chi connectivity index (χ2v) is 6.88. The number of sulfonamides is 1. The summed E-state index contributed by atoms with van der Waals surface area (Å²) in [4.78, 5) is 16.0. The number of amides is 1. The molecule has 2 aromatic rings. The van der Waals surface area contributed by atoms with Crippen LogP contribution in [0.5, 0.6) is 5.75 Å². The quantitative estimate of drug-likeness (QED) is 0.862. The summed E-state index contributed by atoms with van der Waals surface area (Å²) in [5, 5.41) is 12.0. The lowest BCUT2D eigenvalue weighted by molar-refractivity contribution is -0.114. The molecule has 122 valence electrons. The Kier molecular flexibility index (Phi) is 4.85. The van der Waals surface area contributed by atoms with Crippen LogP contribution in [-0.2, 0) is 14.8 Å². The molecule has 0 bridgehead atoms. The molecule has 0 atom stereocenters. The van der Waals surface area contributed by atoms with Crippen molar-refractivity contribution in [1.29, 1.82) is 0 Å². The maximum Gasteiger partial charge on any atom is 0.246 e. The van der Waals surface area contributed by atoms with Crippen molar-refractivity contribution in [1.82, 2.24) is 4.98 Å². The summed E-state index contributed by atoms with van der Waals surface area (Å²) < 4.78 is 25.1. The number of nitrogens with one attached hydrogen (secondary N) is 1. The van der Waals surface area contributed by atoms with Gasteiger partial charge >= 0.3 is 0 Å². The van der Waals surface area contributed by atoms with Crippen LogP contribution in [-0.4, -0.2) is 37.2 Å². The van der Waals surface area contributed by atoms with Crippen molar-refractivity contribution in [3.8, 4) is 5.75 Å². The minimum absolute atomic E-state index is 0.0178. The van der Waals surface area contributed by atoms with E-state index < -0.39 is 22.5 Å². The van der Waals surface area contributed by atoms with Gasteiger partial charge in [0.05, 0.1) is 11.9 Å². The first-order valence-corrected chi connectivity index (χ1v) is 8.61. The molecule has 1 aromatic carbocycles. The van der Waals surface area contributed by atoms with Gasteiger partial charge in [-0.2, -0.15) is 0 Å². The zero-order valence-electron chi connectivity index (χ0n) is 12.7. The Morgan fingerprint density at radius 1 is 1.26 bits per heavy atom. The SMILES string of the molecule is Cc1ccccc1N(CC(=O)Nc1ncccc1O)S(C)(=O)=O. The van der Waals surface area contributed by atoms with Crippen molar-refractivity contribution >= 4 is 27.4 Å². The van der Waals surface area contributed by atoms with Gasteiger partial charge in [0.2, 0.25) is 15.9 Å². The molecule has 0 spiro atoms. The third kappa shape index (κ3) is 4.19. The van der Waals surface area contributed by atoms with Crippen LogP contribution in [0.3, 0.4) is 0 Å². The number of anilines is 2. The second kappa shape index (κ2) is 6.66. The zero-order valence-corrected chi connectivity index (χ0v) is 13.5. The molecule has 2 N–H and O–H groups in total. The molecular formula is C15H17N3O4S. The standard InChI is InChI=1S/C15H17N3O4S/c1-11-6-3-4-7-12(11)18(23(2,21)22)10-14(20)17-15-13(19)8-5-9-16-15/h3-9,19H,10H2,1-2H3,(H,16,17,20). The first-order valence-electron chi connectivity index (χ1n) is 6.76. The van der Waals surface area contributed by atoms with Gasteiger partial charge in [0, 0.05) is 6.20 Å². The molecule has 0 radical (unpaired) electrons. The number of aromatic hydroxyl groups is 1. The Morgan fingerprint density at radius 2 is 1.96 bits per heavy atom. The average Bonchev–Trinajstić information content (AvgIpc) is 2.47. The van der Waals surface area contributed by atoms with Crippen molar-refractivity contribution in [3.63, 3.8) is 0 Å². The van der Waals surface area contributed by atoms with Crippen molar-refractivity contribution in [2.45, 2.75) is 6.92 Å². The normalized spacial score (nSPS) is 11.0. The van der Waals surface area contributed by atoms with E-state index in [2.05, 4.69) is 10.3 Å². The summed E-state index contributed by atoms with van der Waals surface area (Å²) in [5.41, 5.74) is 1.15. The number of para-hydroxylation sites is 1. The largest absolute Gasteiger partial charge is 0.504 e. The van der Waals surface area contributed by atoms with E-state index in [0.29, 0.717) is 5.69 Å². The Balaban J connectivity index is 2.24. The number of aryl methyl sites for hydroxylation is 1. The maximum absolute atomic E-state index is 12.1. The number of hydrogen-bond donors (Lipinski definition) is 2. The van der Waals surface area contributed by atoms with Crippen LogP contribution in [0, 0.1) is 6.92 Å². The molecular weight excluding hydrogens is 318 g/mol. The summed E-state index contributed by atoms with van der Waals surface area (Å²) in [5.74, 6) is -0.814. The summed E-state index contributed by atoms with van der Waals surface area (Å²) in [6.07, 6.45) is 2.44. The number of rotatable bonds is 5. The smallest absolute Gasteiger partial charge is 0.246 e. The van der Waals surface area contributed by atoms with Gasteiger partial charge in [-0.3, -0.25) is 9.10 Å². The second-order valence-electron chi connectivity index (χ2n) is 4.98. The molecule has 7 nitrogen and oxygen atoms in total. The van der Waals surface area contributed by atoms with Gasteiger partial charge in [-0.05, 0) is 30.7 Å². The van der Waals surface area contributed by atoms with Crippen LogP contribution in [0.25, 0.3) is 0 Å². The summed E-state index contributed by atoms with van der Waals surface area (Å²) in [6, 6.07) is 9.76. The number of aromatic nitrogens is 1. The van der Waals surface area contributed by atoms with Gasteiger partial charge in [-0.1, -0.05) is 18.2 Å². The highest BCUT2D eigenvalue weighted by Crippen LogP contribution is 2.23. The highest BCUT2D eigenvalue weighted by molar-refractivity contribution is 7.92. The molecule has 1 heterocycles. The highest BCUT2D eigenvalue weighted by atomic mass is 32.2. The Hall–Kier alpha value is -2.61. The van der Waals surface area contributed by atoms with Crippen LogP contribution in [0.4, 0.5) is 11.5 Å². The van der Waals surface area contributed by atoms with Gasteiger partial charge in [-0.15, -0.1) is 0 Å². The third-order valence-corrected chi connectivity index (χ3v) is 4.24. The van der Waals surface area contributed by atoms with Gasteiger partial charge in [0.25, 0.3) is 0 Å². The highest BCUT2D eigenvalue weighted by Gasteiger charge is 2.22. The molecule has 0 aliphatic carbocycles. The van der Waals surface area contributed by atoms with Crippen LogP contribution >= 0.6 is 0 Å². The molecule has 1 amide bonds. The molecule has 0 unspecified atom stereocenters. The topological polar surface area (TPSA) is 99.6 Å². The molecule has 1 aromatic heterocycles. The first kappa shape index (κ1) is 16.8. The van der Waals surface area contributed by atoms with Crippen LogP contribution < -0.4 is 9.62 Å². The fourth-order valence-corrected chi connectivity index (χ4v) is 2.93. The zero-order chi connectivity index (χ0) is 17.0. The summed E-state index contributed by atoms with van der Waals surface area (Å²) in [7, 11) is -3.65. The van der Waals surface area contributed by atoms with Crippen LogP contribution in [0.2, 0.25) is 0 Å². The van der Waals surface area contributed by atoms with Gasteiger partial charge in [0.1, 0.15) is 6.54 Å². The lowest BCUT2D eigenvalue weighted by Crippen LogP contribution is -2.38. The minimum Gasteiger partial charge on any atom is -0.504 e. The number of pyridine rings is 1. The van der Waals surface area contributed by atoms with E-state index in [1.165, 1.54) is 18.3 Å². The van der Waals surface area contributed by atoms with E-state index in [-0.39, 0.29) is 11.6 Å². The lowest BCUT2D eigenvalue weighted by atomic mass is 10.2. The minimum atomic E-state index is -3.65. The fourth-order valence-electron chi connectivity index (χ4n) is 2.02. The van der Waals surface area contributed by atoms with Crippen molar-refractivity contribution in [2.75, 3.05) is 22.4 Å². The Bertz CT molecular complexity index is 821. The number of nitrogens with zero attached hydrogens (tertiary/aromatic N) is 2. The van der Waals surface area contributed by atoms with Gasteiger partial charge in [0.15, 0.2) is 11.6 Å². The van der Waals surface area contributed by atoms with Gasteiger partial charge in [-0.25, -0.2) is 13.4 Å². The number of hydrogen-bond acceptors (Lipinski definition) is 5. The summed E-state index contributed by atoms with van der Waals surface area (Å²) in [6.45, 7) is 1.34. The maximum atomic E-state index is 12.1. The molecule has 2 rings (SSSR count). The molecule has 0 aliphatic rings. The van der Waals surface area contributed by atoms with Crippen LogP contribution in [0.15, 0.2) is 42.6 Å². The van der Waals surface area contributed by atoms with Crippen molar-refractivity contribution < 1.29 is 18.3 Å². The van der Waals surface area contributed by atoms with Gasteiger partial charge < -0.3 is 10.4 Å². The number of benzene rings is 1. The molecule has 0 saturated heterocycles. The van der Waals surface area contributed by atoms with Crippen molar-refractivity contribution in [2.24, 2.45) is 0 Å². The monoisotopic (exact) mass is 335 g/mol. The summed E-state index contributed by atoms with van der Waals surface area (Å²) >= 11 is 0. The molecule has 23 heavy (non-hydrogen) atoms. The molecule has 0 aliphatic heterocycles. The number of carbonyl (C=O) groups is 1. The molecule has 0 saturated carbocycles. The van der Waals surface area contributed by atoms with E-state index in [1.54, 1.807) is 31.2 Å². The predicted molar refractivity (Wildman–Crippen MR) is 87.9 cm³/mol. The van der Waals surface area contributed by atoms with Crippen LogP contribution in [0.1, 0.15) is 5.56 Å². The Morgan fingerprint density at radius 3 is 2.57 bits per heavy atom. The first-order chi connectivity index (χ1) is 10.8.